The van der Waals surface area contributed by atoms with Crippen LogP contribution < -0.4 is 15.6 Å². The molecule has 1 heterocycles. The van der Waals surface area contributed by atoms with Crippen LogP contribution in [0, 0.1) is 6.92 Å². The second-order valence-electron chi connectivity index (χ2n) is 7.06. The Hall–Kier alpha value is -3.93. The van der Waals surface area contributed by atoms with E-state index < -0.39 is 0 Å². The van der Waals surface area contributed by atoms with Crippen LogP contribution in [0.5, 0.6) is 11.5 Å². The predicted molar refractivity (Wildman–Crippen MR) is 117 cm³/mol. The summed E-state index contributed by atoms with van der Waals surface area (Å²) in [5.74, 6) is 0.993. The highest BCUT2D eigenvalue weighted by Crippen LogP contribution is 2.29. The lowest BCUT2D eigenvalue weighted by atomic mass is 10.1. The lowest BCUT2D eigenvalue weighted by Gasteiger charge is -2.13. The van der Waals surface area contributed by atoms with Gasteiger partial charge in [0.05, 0.1) is 23.2 Å². The van der Waals surface area contributed by atoms with Gasteiger partial charge in [-0.25, -0.2) is 4.68 Å². The Morgan fingerprint density at radius 1 is 0.967 bits per heavy atom. The van der Waals surface area contributed by atoms with E-state index in [9.17, 15) is 9.59 Å². The van der Waals surface area contributed by atoms with E-state index in [1.165, 1.54) is 4.68 Å². The first-order chi connectivity index (χ1) is 14.5. The molecule has 3 aromatic carbocycles. The summed E-state index contributed by atoms with van der Waals surface area (Å²) < 4.78 is 7.21. The summed E-state index contributed by atoms with van der Waals surface area (Å²) in [7, 11) is 1.58. The number of hydrogen-bond donors (Lipinski definition) is 1. The lowest BCUT2D eigenvalue weighted by Crippen LogP contribution is -2.24. The first kappa shape index (κ1) is 19.4. The summed E-state index contributed by atoms with van der Waals surface area (Å²) in [4.78, 5) is 25.1. The summed E-state index contributed by atoms with van der Waals surface area (Å²) in [6, 6.07) is 22.1. The molecule has 6 heteroatoms. The van der Waals surface area contributed by atoms with Gasteiger partial charge in [-0.3, -0.25) is 9.59 Å². The number of aromatic nitrogens is 2. The van der Waals surface area contributed by atoms with Gasteiger partial charge in [-0.15, -0.1) is 0 Å². The van der Waals surface area contributed by atoms with Crippen molar-refractivity contribution in [1.82, 2.24) is 9.78 Å². The molecule has 0 bridgehead atoms. The SMILES string of the molecule is Cc1ccc(Oc2ccccc2NC(=O)Cc2nn(C)c(=O)c3ccccc23)cc1. The highest BCUT2D eigenvalue weighted by molar-refractivity contribution is 5.96. The number of para-hydroxylation sites is 2. The number of nitrogens with zero attached hydrogens (tertiary/aromatic N) is 2. The zero-order valence-electron chi connectivity index (χ0n) is 16.8. The van der Waals surface area contributed by atoms with E-state index in [-0.39, 0.29) is 17.9 Å². The van der Waals surface area contributed by atoms with Crippen molar-refractivity contribution in [3.05, 3.63) is 94.4 Å². The Kier molecular flexibility index (Phi) is 5.30. The Labute approximate surface area is 173 Å². The Balaban J connectivity index is 1.57. The zero-order valence-corrected chi connectivity index (χ0v) is 16.8. The molecule has 6 nitrogen and oxygen atoms in total. The predicted octanol–water partition coefficient (Wildman–Crippen LogP) is 4.22. The third-order valence-electron chi connectivity index (χ3n) is 4.77. The summed E-state index contributed by atoms with van der Waals surface area (Å²) >= 11 is 0. The van der Waals surface area contributed by atoms with Crippen molar-refractivity contribution >= 4 is 22.4 Å². The molecule has 0 unspecified atom stereocenters. The number of fused-ring (bicyclic) bond motifs is 1. The molecule has 30 heavy (non-hydrogen) atoms. The van der Waals surface area contributed by atoms with Crippen LogP contribution in [0.3, 0.4) is 0 Å². The Morgan fingerprint density at radius 3 is 2.40 bits per heavy atom. The fourth-order valence-electron chi connectivity index (χ4n) is 3.25. The van der Waals surface area contributed by atoms with Crippen molar-refractivity contribution in [2.75, 3.05) is 5.32 Å². The van der Waals surface area contributed by atoms with Gasteiger partial charge < -0.3 is 10.1 Å². The highest BCUT2D eigenvalue weighted by atomic mass is 16.5. The number of rotatable bonds is 5. The minimum atomic E-state index is -0.244. The molecule has 1 amide bonds. The number of carbonyl (C=O) groups excluding carboxylic acids is 1. The van der Waals surface area contributed by atoms with Gasteiger partial charge >= 0.3 is 0 Å². The van der Waals surface area contributed by atoms with Crippen molar-refractivity contribution in [1.29, 1.82) is 0 Å². The van der Waals surface area contributed by atoms with Gasteiger partial charge in [0.15, 0.2) is 5.75 Å². The minimum absolute atomic E-state index is 0.0352. The number of anilines is 1. The van der Waals surface area contributed by atoms with E-state index in [1.807, 2.05) is 49.4 Å². The van der Waals surface area contributed by atoms with E-state index in [1.54, 1.807) is 37.4 Å². The van der Waals surface area contributed by atoms with Crippen LogP contribution in [0.15, 0.2) is 77.6 Å². The van der Waals surface area contributed by atoms with Crippen LogP contribution in [0.4, 0.5) is 5.69 Å². The molecule has 0 radical (unpaired) electrons. The number of nitrogens with one attached hydrogen (secondary N) is 1. The van der Waals surface area contributed by atoms with Gasteiger partial charge in [-0.2, -0.15) is 5.10 Å². The molecule has 0 fully saturated rings. The topological polar surface area (TPSA) is 73.2 Å². The summed E-state index contributed by atoms with van der Waals surface area (Å²) in [6.45, 7) is 2.01. The Bertz CT molecular complexity index is 1280. The van der Waals surface area contributed by atoms with Crippen molar-refractivity contribution in [3.63, 3.8) is 0 Å². The molecular formula is C24H21N3O3. The van der Waals surface area contributed by atoms with E-state index in [4.69, 9.17) is 4.74 Å². The van der Waals surface area contributed by atoms with Crippen molar-refractivity contribution in [3.8, 4) is 11.5 Å². The zero-order chi connectivity index (χ0) is 21.1. The number of amides is 1. The molecule has 0 aliphatic rings. The van der Waals surface area contributed by atoms with E-state index >= 15 is 0 Å². The third-order valence-corrected chi connectivity index (χ3v) is 4.77. The van der Waals surface area contributed by atoms with Gasteiger partial charge in [-0.05, 0) is 37.3 Å². The smallest absolute Gasteiger partial charge is 0.274 e. The first-order valence-electron chi connectivity index (χ1n) is 9.59. The fourth-order valence-corrected chi connectivity index (χ4v) is 3.25. The number of aryl methyl sites for hydroxylation is 2. The Morgan fingerprint density at radius 2 is 1.63 bits per heavy atom. The first-order valence-corrected chi connectivity index (χ1v) is 9.59. The molecule has 4 rings (SSSR count). The molecule has 1 N–H and O–H groups in total. The van der Waals surface area contributed by atoms with Crippen LogP contribution in [-0.4, -0.2) is 15.7 Å². The van der Waals surface area contributed by atoms with Crippen LogP contribution >= 0.6 is 0 Å². The van der Waals surface area contributed by atoms with Gasteiger partial charge in [0.25, 0.3) is 5.56 Å². The maximum atomic E-state index is 12.8. The quantitative estimate of drug-likeness (QED) is 0.545. The second kappa shape index (κ2) is 8.21. The molecule has 150 valence electrons. The molecule has 4 aromatic rings. The van der Waals surface area contributed by atoms with Crippen molar-refractivity contribution in [2.45, 2.75) is 13.3 Å². The molecule has 0 aliphatic carbocycles. The molecule has 0 aliphatic heterocycles. The second-order valence-corrected chi connectivity index (χ2v) is 7.06. The van der Waals surface area contributed by atoms with E-state index in [2.05, 4.69) is 10.4 Å². The van der Waals surface area contributed by atoms with Crippen LogP contribution in [0.25, 0.3) is 10.8 Å². The van der Waals surface area contributed by atoms with Crippen LogP contribution in [0.1, 0.15) is 11.3 Å². The van der Waals surface area contributed by atoms with Gasteiger partial charge in [-0.1, -0.05) is 48.0 Å². The average Bonchev–Trinajstić information content (AvgIpc) is 2.75. The molecule has 0 saturated heterocycles. The van der Waals surface area contributed by atoms with E-state index in [0.29, 0.717) is 33.7 Å². The summed E-state index contributed by atoms with van der Waals surface area (Å²) in [6.07, 6.45) is 0.0352. The standard InChI is InChI=1S/C24H21N3O3/c1-16-11-13-17(14-12-16)30-22-10-6-5-9-20(22)25-23(28)15-21-18-7-3-4-8-19(18)24(29)27(2)26-21/h3-14H,15H2,1-2H3,(H,25,28). The van der Waals surface area contributed by atoms with Gasteiger partial charge in [0, 0.05) is 12.4 Å². The molecule has 0 atom stereocenters. The largest absolute Gasteiger partial charge is 0.455 e. The van der Waals surface area contributed by atoms with Crippen LogP contribution in [-0.2, 0) is 18.3 Å². The normalized spacial score (nSPS) is 10.7. The summed E-state index contributed by atoms with van der Waals surface area (Å²) in [5, 5.41) is 8.41. The number of carbonyl (C=O) groups is 1. The third kappa shape index (κ3) is 4.07. The van der Waals surface area contributed by atoms with E-state index in [0.717, 1.165) is 5.56 Å². The maximum absolute atomic E-state index is 12.8. The lowest BCUT2D eigenvalue weighted by molar-refractivity contribution is -0.115. The molecular weight excluding hydrogens is 378 g/mol. The highest BCUT2D eigenvalue weighted by Gasteiger charge is 2.14. The molecule has 1 aromatic heterocycles. The molecule has 0 spiro atoms. The number of hydrogen-bond acceptors (Lipinski definition) is 4. The number of benzene rings is 3. The monoisotopic (exact) mass is 399 g/mol. The fraction of sp³-hybridized carbons (Fsp3) is 0.125. The van der Waals surface area contributed by atoms with Gasteiger partial charge in [0.2, 0.25) is 5.91 Å². The summed E-state index contributed by atoms with van der Waals surface area (Å²) in [5.41, 5.74) is 2.06. The van der Waals surface area contributed by atoms with Crippen molar-refractivity contribution < 1.29 is 9.53 Å². The molecule has 0 saturated carbocycles. The maximum Gasteiger partial charge on any atom is 0.274 e. The average molecular weight is 399 g/mol. The van der Waals surface area contributed by atoms with Crippen LogP contribution in [0.2, 0.25) is 0 Å². The number of ether oxygens (including phenoxy) is 1. The minimum Gasteiger partial charge on any atom is -0.455 e. The van der Waals surface area contributed by atoms with Crippen molar-refractivity contribution in [2.24, 2.45) is 7.05 Å². The van der Waals surface area contributed by atoms with Gasteiger partial charge in [0.1, 0.15) is 5.75 Å².